The van der Waals surface area contributed by atoms with Crippen LogP contribution in [0.2, 0.25) is 0 Å². The van der Waals surface area contributed by atoms with Gasteiger partial charge < -0.3 is 9.15 Å². The summed E-state index contributed by atoms with van der Waals surface area (Å²) in [6.45, 7) is 2.29. The monoisotopic (exact) mass is 348 g/mol. The molecule has 4 aromatic rings. The van der Waals surface area contributed by atoms with Gasteiger partial charge in [0.2, 0.25) is 11.2 Å². The lowest BCUT2D eigenvalue weighted by molar-refractivity contribution is 0.0490. The summed E-state index contributed by atoms with van der Waals surface area (Å²) in [6, 6.07) is 14.7. The number of ether oxygens (including phenoxy) is 1. The first-order valence-electron chi connectivity index (χ1n) is 8.31. The van der Waals surface area contributed by atoms with E-state index in [0.717, 1.165) is 5.39 Å². The highest BCUT2D eigenvalue weighted by molar-refractivity contribution is 5.96. The van der Waals surface area contributed by atoms with E-state index in [-0.39, 0.29) is 24.3 Å². The molecule has 2 heterocycles. The quantitative estimate of drug-likeness (QED) is 0.529. The highest BCUT2D eigenvalue weighted by Crippen LogP contribution is 2.27. The fourth-order valence-electron chi connectivity index (χ4n) is 3.05. The van der Waals surface area contributed by atoms with Crippen LogP contribution in [-0.2, 0) is 11.3 Å². The van der Waals surface area contributed by atoms with Crippen LogP contribution in [0.3, 0.4) is 0 Å². The lowest BCUT2D eigenvalue weighted by Crippen LogP contribution is -2.14. The first-order chi connectivity index (χ1) is 12.7. The number of esters is 1. The standard InChI is InChI=1S/C20H16N2O4/c1-2-25-20(24)19-15(13-7-4-6-10-18(13)26-19)12-22-16-9-5-3-8-14(16)17(23)11-21-22/h3-11H,2,12H2,1H3. The molecule has 26 heavy (non-hydrogen) atoms. The van der Waals surface area contributed by atoms with Crippen molar-refractivity contribution in [2.24, 2.45) is 0 Å². The Balaban J connectivity index is 1.90. The predicted octanol–water partition coefficient (Wildman–Crippen LogP) is 3.37. The number of aromatic nitrogens is 2. The van der Waals surface area contributed by atoms with Crippen LogP contribution in [0.5, 0.6) is 0 Å². The van der Waals surface area contributed by atoms with E-state index in [2.05, 4.69) is 5.10 Å². The van der Waals surface area contributed by atoms with Gasteiger partial charge in [-0.15, -0.1) is 0 Å². The van der Waals surface area contributed by atoms with E-state index in [1.165, 1.54) is 6.20 Å². The third kappa shape index (κ3) is 2.65. The Bertz CT molecular complexity index is 1170. The van der Waals surface area contributed by atoms with Gasteiger partial charge in [-0.1, -0.05) is 30.3 Å². The van der Waals surface area contributed by atoms with Gasteiger partial charge in [-0.05, 0) is 25.1 Å². The number of hydrogen-bond donors (Lipinski definition) is 0. The van der Waals surface area contributed by atoms with Crippen LogP contribution in [0.25, 0.3) is 21.9 Å². The van der Waals surface area contributed by atoms with E-state index in [4.69, 9.17) is 9.15 Å². The molecule has 0 fully saturated rings. The number of furan rings is 1. The zero-order chi connectivity index (χ0) is 18.1. The highest BCUT2D eigenvalue weighted by atomic mass is 16.5. The van der Waals surface area contributed by atoms with Crippen molar-refractivity contribution in [2.75, 3.05) is 6.61 Å². The molecule has 0 spiro atoms. The Hall–Kier alpha value is -3.41. The summed E-state index contributed by atoms with van der Waals surface area (Å²) in [7, 11) is 0. The zero-order valence-electron chi connectivity index (χ0n) is 14.1. The summed E-state index contributed by atoms with van der Waals surface area (Å²) in [5.41, 5.74) is 1.84. The largest absolute Gasteiger partial charge is 0.460 e. The van der Waals surface area contributed by atoms with Crippen molar-refractivity contribution >= 4 is 27.8 Å². The van der Waals surface area contributed by atoms with Crippen molar-refractivity contribution in [3.8, 4) is 0 Å². The molecule has 0 saturated carbocycles. The van der Waals surface area contributed by atoms with Gasteiger partial charge in [0, 0.05) is 16.3 Å². The van der Waals surface area contributed by atoms with Crippen molar-refractivity contribution in [2.45, 2.75) is 13.5 Å². The minimum Gasteiger partial charge on any atom is -0.460 e. The Labute approximate surface area is 148 Å². The van der Waals surface area contributed by atoms with E-state index >= 15 is 0 Å². The first kappa shape index (κ1) is 16.1. The normalized spacial score (nSPS) is 11.1. The van der Waals surface area contributed by atoms with Crippen molar-refractivity contribution < 1.29 is 13.9 Å². The third-order valence-electron chi connectivity index (χ3n) is 4.23. The number of carbonyl (C=O) groups is 1. The van der Waals surface area contributed by atoms with Crippen molar-refractivity contribution in [3.63, 3.8) is 0 Å². The number of para-hydroxylation sites is 2. The molecule has 2 aromatic heterocycles. The maximum atomic E-state index is 12.3. The number of benzene rings is 2. The molecular weight excluding hydrogens is 332 g/mol. The summed E-state index contributed by atoms with van der Waals surface area (Å²) in [6.07, 6.45) is 1.29. The van der Waals surface area contributed by atoms with Crippen LogP contribution in [0.15, 0.2) is 63.9 Å². The van der Waals surface area contributed by atoms with Gasteiger partial charge in [0.1, 0.15) is 5.58 Å². The lowest BCUT2D eigenvalue weighted by atomic mass is 10.1. The molecule has 0 unspecified atom stereocenters. The average Bonchev–Trinajstić information content (AvgIpc) is 3.03. The molecule has 0 bridgehead atoms. The molecule has 6 heteroatoms. The highest BCUT2D eigenvalue weighted by Gasteiger charge is 2.22. The van der Waals surface area contributed by atoms with Crippen LogP contribution in [-0.4, -0.2) is 22.4 Å². The average molecular weight is 348 g/mol. The summed E-state index contributed by atoms with van der Waals surface area (Å²) in [4.78, 5) is 24.4. The van der Waals surface area contributed by atoms with Crippen molar-refractivity contribution in [1.29, 1.82) is 0 Å². The summed E-state index contributed by atoms with van der Waals surface area (Å²) in [5, 5.41) is 5.64. The number of hydrogen-bond acceptors (Lipinski definition) is 5. The lowest BCUT2D eigenvalue weighted by Gasteiger charge is -2.09. The van der Waals surface area contributed by atoms with Gasteiger partial charge in [0.25, 0.3) is 0 Å². The second-order valence-electron chi connectivity index (χ2n) is 5.81. The number of rotatable bonds is 4. The second-order valence-corrected chi connectivity index (χ2v) is 5.81. The Morgan fingerprint density at radius 3 is 2.65 bits per heavy atom. The summed E-state index contributed by atoms with van der Waals surface area (Å²) < 4.78 is 12.6. The van der Waals surface area contributed by atoms with Crippen LogP contribution in [0.4, 0.5) is 0 Å². The number of fused-ring (bicyclic) bond motifs is 2. The maximum absolute atomic E-state index is 12.3. The zero-order valence-corrected chi connectivity index (χ0v) is 14.1. The molecular formula is C20H16N2O4. The molecule has 0 aliphatic heterocycles. The molecule has 2 aromatic carbocycles. The number of carbonyl (C=O) groups excluding carboxylic acids is 1. The van der Waals surface area contributed by atoms with Crippen LogP contribution < -0.4 is 5.43 Å². The SMILES string of the molecule is CCOC(=O)c1oc2ccccc2c1Cn1ncc(=O)c2ccccc21. The van der Waals surface area contributed by atoms with E-state index in [1.54, 1.807) is 23.7 Å². The van der Waals surface area contributed by atoms with Gasteiger partial charge in [-0.25, -0.2) is 4.79 Å². The van der Waals surface area contributed by atoms with Crippen LogP contribution in [0, 0.1) is 0 Å². The fourth-order valence-corrected chi connectivity index (χ4v) is 3.05. The van der Waals surface area contributed by atoms with Crippen LogP contribution >= 0.6 is 0 Å². The van der Waals surface area contributed by atoms with Gasteiger partial charge in [-0.2, -0.15) is 5.10 Å². The number of nitrogens with zero attached hydrogens (tertiary/aromatic N) is 2. The molecule has 4 rings (SSSR count). The van der Waals surface area contributed by atoms with Gasteiger partial charge in [-0.3, -0.25) is 9.48 Å². The van der Waals surface area contributed by atoms with E-state index in [1.807, 2.05) is 36.4 Å². The van der Waals surface area contributed by atoms with Gasteiger partial charge in [0.05, 0.1) is 24.9 Å². The predicted molar refractivity (Wildman–Crippen MR) is 97.3 cm³/mol. The smallest absolute Gasteiger partial charge is 0.374 e. The first-order valence-corrected chi connectivity index (χ1v) is 8.31. The molecule has 0 atom stereocenters. The molecule has 0 radical (unpaired) electrons. The van der Waals surface area contributed by atoms with Gasteiger partial charge in [0.15, 0.2) is 0 Å². The molecule has 0 aliphatic rings. The van der Waals surface area contributed by atoms with E-state index in [9.17, 15) is 9.59 Å². The van der Waals surface area contributed by atoms with E-state index < -0.39 is 5.97 Å². The molecule has 0 amide bonds. The minimum atomic E-state index is -0.510. The topological polar surface area (TPSA) is 74.3 Å². The maximum Gasteiger partial charge on any atom is 0.374 e. The van der Waals surface area contributed by atoms with E-state index in [0.29, 0.717) is 22.0 Å². The summed E-state index contributed by atoms with van der Waals surface area (Å²) in [5.74, 6) is -0.346. The van der Waals surface area contributed by atoms with Crippen molar-refractivity contribution in [1.82, 2.24) is 9.78 Å². The Morgan fingerprint density at radius 1 is 1.12 bits per heavy atom. The second kappa shape index (κ2) is 6.48. The Kier molecular flexibility index (Phi) is 4.01. The Morgan fingerprint density at radius 2 is 1.85 bits per heavy atom. The van der Waals surface area contributed by atoms with Gasteiger partial charge >= 0.3 is 5.97 Å². The van der Waals surface area contributed by atoms with Crippen molar-refractivity contribution in [3.05, 3.63) is 76.3 Å². The third-order valence-corrected chi connectivity index (χ3v) is 4.23. The fraction of sp³-hybridized carbons (Fsp3) is 0.150. The minimum absolute atomic E-state index is 0.139. The molecule has 6 nitrogen and oxygen atoms in total. The molecule has 0 saturated heterocycles. The summed E-state index contributed by atoms with van der Waals surface area (Å²) >= 11 is 0. The molecule has 130 valence electrons. The molecule has 0 N–H and O–H groups in total. The molecule has 0 aliphatic carbocycles. The van der Waals surface area contributed by atoms with Crippen LogP contribution in [0.1, 0.15) is 23.0 Å².